The Bertz CT molecular complexity index is 337. The fourth-order valence-corrected chi connectivity index (χ4v) is 0.982. The molecule has 0 fully saturated rings. The van der Waals surface area contributed by atoms with Crippen molar-refractivity contribution in [2.75, 3.05) is 13.2 Å². The van der Waals surface area contributed by atoms with Crippen LogP contribution in [-0.2, 0) is 4.79 Å². The third-order valence-electron chi connectivity index (χ3n) is 2.10. The Morgan fingerprint density at radius 3 is 2.37 bits per heavy atom. The van der Waals surface area contributed by atoms with E-state index < -0.39 is 24.0 Å². The second-order valence-electron chi connectivity index (χ2n) is 3.74. The number of rotatable bonds is 7. The zero-order chi connectivity index (χ0) is 13.5. The number of hydrogen-bond donors (Lipinski definition) is 3. The first kappa shape index (κ1) is 23.2. The van der Waals surface area contributed by atoms with E-state index in [1.54, 1.807) is 0 Å². The number of carbonyl (C=O) groups is 1. The first-order chi connectivity index (χ1) is 7.81. The van der Waals surface area contributed by atoms with Gasteiger partial charge in [-0.2, -0.15) is 0 Å². The molecule has 0 rings (SSSR count). The van der Waals surface area contributed by atoms with E-state index in [9.17, 15) is 13.6 Å². The maximum absolute atomic E-state index is 13.1. The molecule has 0 heterocycles. The lowest BCUT2D eigenvalue weighted by Gasteiger charge is -2.19. The number of halogens is 4. The molecule has 0 aromatic heterocycles. The van der Waals surface area contributed by atoms with E-state index in [1.807, 2.05) is 0 Å². The molecule has 0 radical (unpaired) electrons. The number of alkyl halides is 1. The van der Waals surface area contributed by atoms with Crippen LogP contribution in [0.2, 0.25) is 0 Å². The lowest BCUT2D eigenvalue weighted by Crippen LogP contribution is -2.49. The lowest BCUT2D eigenvalue weighted by molar-refractivity contribution is -0.144. The zero-order valence-corrected chi connectivity index (χ0v) is 12.1. The van der Waals surface area contributed by atoms with Crippen molar-refractivity contribution in [2.24, 2.45) is 16.5 Å². The Balaban J connectivity index is -0.00000128. The van der Waals surface area contributed by atoms with Crippen LogP contribution in [0.5, 0.6) is 0 Å². The van der Waals surface area contributed by atoms with Gasteiger partial charge in [0.05, 0.1) is 12.4 Å². The van der Waals surface area contributed by atoms with Gasteiger partial charge >= 0.3 is 5.97 Å². The van der Waals surface area contributed by atoms with E-state index in [-0.39, 0.29) is 50.0 Å². The fourth-order valence-electron chi connectivity index (χ4n) is 0.982. The molecular formula is C10H19Cl2F2N3O2. The minimum Gasteiger partial charge on any atom is -0.480 e. The standard InChI is InChI=1S/C10H17F2N3O2.2ClH/c1-7(13)15-5-8(12)3-2-4-10(14,6-11)9(16)17;;/h3H,2,4-6,14H2,1H3,(H2,13,15)(H,16,17);2*1H/b8-3+;;/t10-;;/m0../s1. The summed E-state index contributed by atoms with van der Waals surface area (Å²) in [6, 6.07) is 0. The topological polar surface area (TPSA) is 102 Å². The highest BCUT2D eigenvalue weighted by molar-refractivity contribution is 5.85. The second kappa shape index (κ2) is 11.0. The van der Waals surface area contributed by atoms with Gasteiger partial charge in [0.1, 0.15) is 18.0 Å². The maximum atomic E-state index is 13.1. The van der Waals surface area contributed by atoms with E-state index in [0.29, 0.717) is 0 Å². The molecule has 5 N–H and O–H groups in total. The SMILES string of the molecule is CC(N)=NC/C(F)=C\CC[C@](N)(CF)C(=O)O.Cl.Cl. The van der Waals surface area contributed by atoms with Crippen LogP contribution >= 0.6 is 24.8 Å². The summed E-state index contributed by atoms with van der Waals surface area (Å²) in [4.78, 5) is 14.2. The van der Waals surface area contributed by atoms with Crippen molar-refractivity contribution in [2.45, 2.75) is 25.3 Å². The first-order valence-electron chi connectivity index (χ1n) is 5.01. The highest BCUT2D eigenvalue weighted by Gasteiger charge is 2.33. The second-order valence-corrected chi connectivity index (χ2v) is 3.74. The number of carboxylic acids is 1. The summed E-state index contributed by atoms with van der Waals surface area (Å²) in [5.74, 6) is -1.75. The Kier molecular flexibility index (Phi) is 13.4. The van der Waals surface area contributed by atoms with Crippen molar-refractivity contribution < 1.29 is 18.7 Å². The van der Waals surface area contributed by atoms with E-state index in [1.165, 1.54) is 6.92 Å². The Morgan fingerprint density at radius 1 is 1.47 bits per heavy atom. The van der Waals surface area contributed by atoms with Crippen LogP contribution < -0.4 is 11.5 Å². The number of nitrogens with two attached hydrogens (primary N) is 2. The molecule has 0 spiro atoms. The molecule has 0 aromatic rings. The highest BCUT2D eigenvalue weighted by atomic mass is 35.5. The van der Waals surface area contributed by atoms with Crippen LogP contribution in [0.15, 0.2) is 16.9 Å². The Morgan fingerprint density at radius 2 is 2.00 bits per heavy atom. The summed E-state index contributed by atoms with van der Waals surface area (Å²) in [6.07, 6.45) is 0.974. The monoisotopic (exact) mass is 321 g/mol. The van der Waals surface area contributed by atoms with Gasteiger partial charge in [0.25, 0.3) is 0 Å². The summed E-state index contributed by atoms with van der Waals surface area (Å²) >= 11 is 0. The molecule has 0 aromatic carbocycles. The molecule has 5 nitrogen and oxygen atoms in total. The van der Waals surface area contributed by atoms with Gasteiger partial charge in [0.15, 0.2) is 0 Å². The van der Waals surface area contributed by atoms with Gasteiger partial charge in [-0.15, -0.1) is 24.8 Å². The minimum atomic E-state index is -1.95. The number of allylic oxidation sites excluding steroid dienone is 1. The van der Waals surface area contributed by atoms with Gasteiger partial charge in [-0.25, -0.2) is 8.78 Å². The van der Waals surface area contributed by atoms with Gasteiger partial charge in [-0.1, -0.05) is 6.08 Å². The van der Waals surface area contributed by atoms with Crippen molar-refractivity contribution in [1.82, 2.24) is 0 Å². The summed E-state index contributed by atoms with van der Waals surface area (Å²) in [7, 11) is 0. The fraction of sp³-hybridized carbons (Fsp3) is 0.600. The van der Waals surface area contributed by atoms with Crippen LogP contribution in [0, 0.1) is 0 Å². The predicted molar refractivity (Wildman–Crippen MR) is 75.6 cm³/mol. The third-order valence-corrected chi connectivity index (χ3v) is 2.10. The van der Waals surface area contributed by atoms with Gasteiger partial charge in [-0.05, 0) is 19.8 Å². The van der Waals surface area contributed by atoms with Crippen molar-refractivity contribution >= 4 is 36.6 Å². The molecule has 1 atom stereocenters. The molecule has 0 saturated carbocycles. The number of carboxylic acid groups (broad SMARTS) is 1. The normalized spacial score (nSPS) is 14.9. The van der Waals surface area contributed by atoms with Crippen LogP contribution in [0.25, 0.3) is 0 Å². The Hall–Kier alpha value is -0.920. The van der Waals surface area contributed by atoms with Crippen LogP contribution in [0.4, 0.5) is 8.78 Å². The van der Waals surface area contributed by atoms with Crippen LogP contribution in [0.3, 0.4) is 0 Å². The average Bonchev–Trinajstić information content (AvgIpc) is 2.25. The van der Waals surface area contributed by atoms with Crippen molar-refractivity contribution in [3.63, 3.8) is 0 Å². The van der Waals surface area contributed by atoms with Crippen molar-refractivity contribution in [1.29, 1.82) is 0 Å². The smallest absolute Gasteiger partial charge is 0.326 e. The van der Waals surface area contributed by atoms with E-state index in [4.69, 9.17) is 16.6 Å². The summed E-state index contributed by atoms with van der Waals surface area (Å²) in [6.45, 7) is 0.117. The highest BCUT2D eigenvalue weighted by Crippen LogP contribution is 2.13. The van der Waals surface area contributed by atoms with Crippen LogP contribution in [-0.4, -0.2) is 35.7 Å². The molecule has 0 unspecified atom stereocenters. The molecule has 19 heavy (non-hydrogen) atoms. The summed E-state index contributed by atoms with van der Waals surface area (Å²) < 4.78 is 25.5. The number of amidine groups is 1. The number of aliphatic carboxylic acids is 1. The summed E-state index contributed by atoms with van der Waals surface area (Å²) in [5, 5.41) is 8.66. The van der Waals surface area contributed by atoms with Gasteiger partial charge in [-0.3, -0.25) is 9.79 Å². The number of nitrogens with zero attached hydrogens (tertiary/aromatic N) is 1. The quantitative estimate of drug-likeness (QED) is 0.489. The van der Waals surface area contributed by atoms with Gasteiger partial charge < -0.3 is 16.6 Å². The van der Waals surface area contributed by atoms with E-state index in [0.717, 1.165) is 6.08 Å². The minimum absolute atomic E-state index is 0. The van der Waals surface area contributed by atoms with Gasteiger partial charge in [0.2, 0.25) is 0 Å². The van der Waals surface area contributed by atoms with Gasteiger partial charge in [0, 0.05) is 0 Å². The molecule has 0 aliphatic rings. The molecule has 0 saturated heterocycles. The van der Waals surface area contributed by atoms with E-state index in [2.05, 4.69) is 4.99 Å². The number of aliphatic imine (C=N–C) groups is 1. The predicted octanol–water partition coefficient (Wildman–Crippen LogP) is 1.59. The molecule has 0 amide bonds. The molecule has 114 valence electrons. The largest absolute Gasteiger partial charge is 0.480 e. The molecule has 9 heteroatoms. The zero-order valence-electron chi connectivity index (χ0n) is 10.4. The Labute approximate surface area is 123 Å². The first-order valence-corrected chi connectivity index (χ1v) is 5.01. The third kappa shape index (κ3) is 9.63. The molecule has 0 aliphatic heterocycles. The number of hydrogen-bond acceptors (Lipinski definition) is 3. The molecular weight excluding hydrogens is 303 g/mol. The van der Waals surface area contributed by atoms with Crippen LogP contribution in [0.1, 0.15) is 19.8 Å². The van der Waals surface area contributed by atoms with Crippen molar-refractivity contribution in [3.8, 4) is 0 Å². The summed E-state index contributed by atoms with van der Waals surface area (Å²) in [5.41, 5.74) is 8.53. The lowest BCUT2D eigenvalue weighted by atomic mass is 9.96. The molecule has 0 aliphatic carbocycles. The maximum Gasteiger partial charge on any atom is 0.326 e. The molecule has 0 bridgehead atoms. The van der Waals surface area contributed by atoms with Crippen molar-refractivity contribution in [3.05, 3.63) is 11.9 Å². The van der Waals surface area contributed by atoms with E-state index >= 15 is 0 Å². The average molecular weight is 322 g/mol.